The van der Waals surface area contributed by atoms with Crippen molar-refractivity contribution in [2.75, 3.05) is 0 Å². The second-order valence-electron chi connectivity index (χ2n) is 4.32. The van der Waals surface area contributed by atoms with E-state index < -0.39 is 0 Å². The molecule has 3 nitrogen and oxygen atoms in total. The van der Waals surface area contributed by atoms with Crippen molar-refractivity contribution >= 4 is 16.8 Å². The highest BCUT2D eigenvalue weighted by Gasteiger charge is 2.08. The summed E-state index contributed by atoms with van der Waals surface area (Å²) in [5.74, 6) is -0.225. The number of carbonyl (C=O) groups is 1. The highest BCUT2D eigenvalue weighted by atomic mass is 19.1. The molecule has 96 valence electrons. The lowest BCUT2D eigenvalue weighted by Crippen LogP contribution is -2.21. The number of benzene rings is 1. The molecule has 1 heterocycles. The van der Waals surface area contributed by atoms with Gasteiger partial charge in [0.05, 0.1) is 6.54 Å². The summed E-state index contributed by atoms with van der Waals surface area (Å²) in [5.41, 5.74) is 2.57. The second-order valence-corrected chi connectivity index (χ2v) is 4.32. The molecule has 0 radical (unpaired) electrons. The van der Waals surface area contributed by atoms with E-state index in [0.29, 0.717) is 18.4 Å². The van der Waals surface area contributed by atoms with Crippen molar-refractivity contribution in [3.63, 3.8) is 0 Å². The summed E-state index contributed by atoms with van der Waals surface area (Å²) in [7, 11) is 0. The quantitative estimate of drug-likeness (QED) is 0.858. The minimum absolute atomic E-state index is 0.0108. The molecule has 0 aliphatic heterocycles. The SMILES string of the molecule is CCC(=O)NCc1cc2c(F)cc(CC)cc2[nH]1. The summed E-state index contributed by atoms with van der Waals surface area (Å²) in [6.45, 7) is 4.20. The molecule has 1 aromatic carbocycles. The zero-order chi connectivity index (χ0) is 13.1. The second kappa shape index (κ2) is 5.21. The highest BCUT2D eigenvalue weighted by molar-refractivity contribution is 5.82. The first-order valence-corrected chi connectivity index (χ1v) is 6.20. The number of rotatable bonds is 4. The van der Waals surface area contributed by atoms with E-state index in [1.165, 1.54) is 0 Å². The maximum absolute atomic E-state index is 13.8. The molecule has 0 unspecified atom stereocenters. The summed E-state index contributed by atoms with van der Waals surface area (Å²) in [6.07, 6.45) is 1.25. The Hall–Kier alpha value is -1.84. The van der Waals surface area contributed by atoms with Crippen LogP contribution in [0.2, 0.25) is 0 Å². The fraction of sp³-hybridized carbons (Fsp3) is 0.357. The lowest BCUT2D eigenvalue weighted by molar-refractivity contribution is -0.120. The van der Waals surface area contributed by atoms with Gasteiger partial charge in [0.2, 0.25) is 5.91 Å². The number of hydrogen-bond acceptors (Lipinski definition) is 1. The van der Waals surface area contributed by atoms with E-state index in [1.54, 1.807) is 19.1 Å². The van der Waals surface area contributed by atoms with Crippen LogP contribution in [0.1, 0.15) is 31.5 Å². The maximum Gasteiger partial charge on any atom is 0.220 e. The van der Waals surface area contributed by atoms with Crippen LogP contribution in [0.25, 0.3) is 10.9 Å². The molecule has 2 aromatic rings. The first-order chi connectivity index (χ1) is 8.63. The van der Waals surface area contributed by atoms with Crippen molar-refractivity contribution < 1.29 is 9.18 Å². The van der Waals surface area contributed by atoms with Gasteiger partial charge >= 0.3 is 0 Å². The maximum atomic E-state index is 13.8. The summed E-state index contributed by atoms with van der Waals surface area (Å²) in [5, 5.41) is 3.34. The van der Waals surface area contributed by atoms with Crippen LogP contribution in [0.5, 0.6) is 0 Å². The Morgan fingerprint density at radius 2 is 2.11 bits per heavy atom. The molecule has 0 aliphatic rings. The van der Waals surface area contributed by atoms with Crippen molar-refractivity contribution in [2.45, 2.75) is 33.2 Å². The number of halogens is 1. The summed E-state index contributed by atoms with van der Waals surface area (Å²) < 4.78 is 13.8. The molecule has 1 amide bonds. The summed E-state index contributed by atoms with van der Waals surface area (Å²) in [4.78, 5) is 14.3. The van der Waals surface area contributed by atoms with Gasteiger partial charge in [-0.3, -0.25) is 4.79 Å². The van der Waals surface area contributed by atoms with Crippen LogP contribution in [0.3, 0.4) is 0 Å². The number of H-pyrrole nitrogens is 1. The van der Waals surface area contributed by atoms with Crippen LogP contribution in [0.15, 0.2) is 18.2 Å². The van der Waals surface area contributed by atoms with Crippen LogP contribution in [0.4, 0.5) is 4.39 Å². The lowest BCUT2D eigenvalue weighted by Gasteiger charge is -2.00. The molecule has 0 saturated carbocycles. The van der Waals surface area contributed by atoms with Crippen LogP contribution >= 0.6 is 0 Å². The van der Waals surface area contributed by atoms with Crippen LogP contribution in [-0.4, -0.2) is 10.9 Å². The van der Waals surface area contributed by atoms with Crippen molar-refractivity contribution in [3.05, 3.63) is 35.3 Å². The van der Waals surface area contributed by atoms with Gasteiger partial charge < -0.3 is 10.3 Å². The highest BCUT2D eigenvalue weighted by Crippen LogP contribution is 2.21. The van der Waals surface area contributed by atoms with E-state index in [-0.39, 0.29) is 11.7 Å². The Bertz CT molecular complexity index is 574. The van der Waals surface area contributed by atoms with E-state index in [4.69, 9.17) is 0 Å². The molecule has 0 spiro atoms. The Morgan fingerprint density at radius 3 is 2.78 bits per heavy atom. The fourth-order valence-electron chi connectivity index (χ4n) is 1.93. The number of aromatic nitrogens is 1. The lowest BCUT2D eigenvalue weighted by atomic mass is 10.1. The number of carbonyl (C=O) groups excluding carboxylic acids is 1. The number of aryl methyl sites for hydroxylation is 1. The molecule has 0 bridgehead atoms. The molecule has 2 rings (SSSR count). The normalized spacial score (nSPS) is 10.8. The zero-order valence-electron chi connectivity index (χ0n) is 10.6. The number of nitrogens with one attached hydrogen (secondary N) is 2. The Balaban J connectivity index is 2.26. The van der Waals surface area contributed by atoms with E-state index in [9.17, 15) is 9.18 Å². The first kappa shape index (κ1) is 12.6. The monoisotopic (exact) mass is 248 g/mol. The largest absolute Gasteiger partial charge is 0.357 e. The van der Waals surface area contributed by atoms with Gasteiger partial charge in [-0.15, -0.1) is 0 Å². The van der Waals surface area contributed by atoms with Gasteiger partial charge in [-0.05, 0) is 30.2 Å². The van der Waals surface area contributed by atoms with Crippen molar-refractivity contribution in [2.24, 2.45) is 0 Å². The van der Waals surface area contributed by atoms with Gasteiger partial charge in [-0.2, -0.15) is 0 Å². The van der Waals surface area contributed by atoms with E-state index in [2.05, 4.69) is 10.3 Å². The van der Waals surface area contributed by atoms with E-state index >= 15 is 0 Å². The van der Waals surface area contributed by atoms with Gasteiger partial charge in [-0.1, -0.05) is 13.8 Å². The minimum Gasteiger partial charge on any atom is -0.357 e. The molecular weight excluding hydrogens is 231 g/mol. The fourth-order valence-corrected chi connectivity index (χ4v) is 1.93. The third-order valence-corrected chi connectivity index (χ3v) is 3.01. The molecule has 0 aliphatic carbocycles. The van der Waals surface area contributed by atoms with E-state index in [1.807, 2.05) is 13.0 Å². The smallest absolute Gasteiger partial charge is 0.220 e. The molecule has 0 saturated heterocycles. The summed E-state index contributed by atoms with van der Waals surface area (Å²) in [6, 6.07) is 5.26. The molecule has 18 heavy (non-hydrogen) atoms. The zero-order valence-corrected chi connectivity index (χ0v) is 10.6. The van der Waals surface area contributed by atoms with Crippen molar-refractivity contribution in [1.29, 1.82) is 0 Å². The molecule has 2 N–H and O–H groups in total. The average Bonchev–Trinajstić information content (AvgIpc) is 2.79. The first-order valence-electron chi connectivity index (χ1n) is 6.20. The van der Waals surface area contributed by atoms with Gasteiger partial charge in [0.15, 0.2) is 0 Å². The van der Waals surface area contributed by atoms with Crippen LogP contribution in [-0.2, 0) is 17.8 Å². The van der Waals surface area contributed by atoms with Gasteiger partial charge in [0.25, 0.3) is 0 Å². The third kappa shape index (κ3) is 2.53. The van der Waals surface area contributed by atoms with Gasteiger partial charge in [-0.25, -0.2) is 4.39 Å². The van der Waals surface area contributed by atoms with Crippen LogP contribution < -0.4 is 5.32 Å². The predicted molar refractivity (Wildman–Crippen MR) is 69.8 cm³/mol. The van der Waals surface area contributed by atoms with Crippen molar-refractivity contribution in [3.8, 4) is 0 Å². The molecule has 0 atom stereocenters. The van der Waals surface area contributed by atoms with Crippen molar-refractivity contribution in [1.82, 2.24) is 10.3 Å². The molecule has 0 fully saturated rings. The Morgan fingerprint density at radius 1 is 1.33 bits per heavy atom. The third-order valence-electron chi connectivity index (χ3n) is 3.01. The predicted octanol–water partition coefficient (Wildman–Crippen LogP) is 2.90. The van der Waals surface area contributed by atoms with Gasteiger partial charge in [0, 0.05) is 23.0 Å². The minimum atomic E-state index is -0.214. The van der Waals surface area contributed by atoms with E-state index in [0.717, 1.165) is 23.2 Å². The Labute approximate surface area is 105 Å². The summed E-state index contributed by atoms with van der Waals surface area (Å²) >= 11 is 0. The molecular formula is C14H17FN2O. The number of amides is 1. The number of fused-ring (bicyclic) bond motifs is 1. The molecule has 4 heteroatoms. The number of aromatic amines is 1. The Kier molecular flexibility index (Phi) is 3.65. The topological polar surface area (TPSA) is 44.9 Å². The molecule has 1 aromatic heterocycles. The van der Waals surface area contributed by atoms with Gasteiger partial charge in [0.1, 0.15) is 5.82 Å². The average molecular weight is 248 g/mol. The number of hydrogen-bond donors (Lipinski definition) is 2. The standard InChI is InChI=1S/C14H17FN2O/c1-3-9-5-12(15)11-7-10(17-13(11)6-9)8-16-14(18)4-2/h5-7,17H,3-4,8H2,1-2H3,(H,16,18). The van der Waals surface area contributed by atoms with Crippen LogP contribution in [0, 0.1) is 5.82 Å².